The third kappa shape index (κ3) is 25.7. The summed E-state index contributed by atoms with van der Waals surface area (Å²) in [6.45, 7) is 1.39. The van der Waals surface area contributed by atoms with Crippen LogP contribution >= 0.6 is 64.8 Å². The molecule has 5 rings (SSSR count). The van der Waals surface area contributed by atoms with Crippen LogP contribution in [0.4, 0.5) is 19.2 Å². The number of rotatable bonds is 18. The SMILES string of the molecule is O=C(CCCO)OCC1(COC(=O)OCCOC(=O)OCC2(COC(=O)CCCO)CSSC2)CSSC1.O=C1OCC2(CO1)CSSC2.O=C1OCCCO1.OCCO.[2H]C#C. The molecule has 5 saturated heterocycles. The molecule has 0 bridgehead atoms. The summed E-state index contributed by atoms with van der Waals surface area (Å²) in [6, 6.07) is 0. The van der Waals surface area contributed by atoms with Gasteiger partial charge in [-0.3, -0.25) is 9.59 Å². The highest BCUT2D eigenvalue weighted by Gasteiger charge is 2.42. The first kappa shape index (κ1) is 55.7. The van der Waals surface area contributed by atoms with Crippen LogP contribution < -0.4 is 0 Å². The highest BCUT2D eigenvalue weighted by atomic mass is 33.1. The van der Waals surface area contributed by atoms with Crippen molar-refractivity contribution in [1.82, 2.24) is 0 Å². The lowest BCUT2D eigenvalue weighted by atomic mass is 9.95. The summed E-state index contributed by atoms with van der Waals surface area (Å²) < 4.78 is 55.1. The van der Waals surface area contributed by atoms with Crippen LogP contribution in [0.15, 0.2) is 0 Å². The number of carbonyl (C=O) groups excluding carboxylic acids is 6. The van der Waals surface area contributed by atoms with E-state index in [0.29, 0.717) is 62.3 Å². The van der Waals surface area contributed by atoms with Gasteiger partial charge >= 0.3 is 36.6 Å². The first-order valence-electron chi connectivity index (χ1n) is 19.4. The normalized spacial score (nSPS) is 18.6. The number of terminal acetylenes is 1. The van der Waals surface area contributed by atoms with Gasteiger partial charge in [-0.1, -0.05) is 64.8 Å². The minimum absolute atomic E-state index is 0.00466. The molecule has 0 aromatic carbocycles. The summed E-state index contributed by atoms with van der Waals surface area (Å²) >= 11 is 0. The average molecular weight is 1000 g/mol. The first-order chi connectivity index (χ1) is 30.3. The second kappa shape index (κ2) is 34.9. The van der Waals surface area contributed by atoms with Crippen molar-refractivity contribution < 1.29 is 97.9 Å². The van der Waals surface area contributed by atoms with Gasteiger partial charge in [0.1, 0.15) is 54.2 Å². The summed E-state index contributed by atoms with van der Waals surface area (Å²) in [5.41, 5.74) is -0.934. The van der Waals surface area contributed by atoms with Gasteiger partial charge in [-0.2, -0.15) is 0 Å². The molecule has 356 valence electrons. The summed E-state index contributed by atoms with van der Waals surface area (Å²) in [5, 5.41) is 32.9. The molecule has 5 aliphatic heterocycles. The van der Waals surface area contributed by atoms with Gasteiger partial charge in [0, 0.05) is 67.0 Å². The highest BCUT2D eigenvalue weighted by molar-refractivity contribution is 8.77. The third-order valence-electron chi connectivity index (χ3n) is 7.93. The molecule has 0 radical (unpaired) electrons. The van der Waals surface area contributed by atoms with E-state index in [1.54, 1.807) is 43.2 Å². The highest BCUT2D eigenvalue weighted by Crippen LogP contribution is 2.46. The van der Waals surface area contributed by atoms with Crippen LogP contribution in [-0.4, -0.2) is 184 Å². The van der Waals surface area contributed by atoms with Crippen LogP contribution in [0.5, 0.6) is 0 Å². The van der Waals surface area contributed by atoms with Gasteiger partial charge in [-0.15, -0.1) is 12.8 Å². The summed E-state index contributed by atoms with van der Waals surface area (Å²) in [5.74, 6) is 3.77. The van der Waals surface area contributed by atoms with E-state index in [4.69, 9.17) is 59.7 Å². The molecule has 0 saturated carbocycles. The van der Waals surface area contributed by atoms with Crippen molar-refractivity contribution >= 4 is 101 Å². The van der Waals surface area contributed by atoms with E-state index in [1.807, 2.05) is 21.6 Å². The number of aliphatic hydroxyl groups is 4. The molecule has 26 heteroatoms. The number of aliphatic hydroxyl groups excluding tert-OH is 4. The molecule has 0 amide bonds. The van der Waals surface area contributed by atoms with Gasteiger partial charge in [-0.25, -0.2) is 19.2 Å². The Hall–Kier alpha value is -2.48. The van der Waals surface area contributed by atoms with E-state index in [2.05, 4.69) is 15.9 Å². The minimum atomic E-state index is -0.933. The molecule has 0 aromatic rings. The number of carbonyl (C=O) groups is 6. The van der Waals surface area contributed by atoms with E-state index >= 15 is 0 Å². The van der Waals surface area contributed by atoms with Crippen LogP contribution in [-0.2, 0) is 57.0 Å². The summed E-state index contributed by atoms with van der Waals surface area (Å²) in [4.78, 5) is 68.0. The smallest absolute Gasteiger partial charge is 0.465 e. The fourth-order valence-corrected chi connectivity index (χ4v) is 14.4. The first-order valence-corrected chi connectivity index (χ1v) is 26.4. The Morgan fingerprint density at radius 2 is 0.919 bits per heavy atom. The number of hydrogen-bond donors (Lipinski definition) is 4. The maximum Gasteiger partial charge on any atom is 0.508 e. The number of hydrogen-bond acceptors (Lipinski definition) is 26. The van der Waals surface area contributed by atoms with E-state index in [-0.39, 0.29) is 84.3 Å². The molecule has 0 aliphatic carbocycles. The molecular formula is C36H56O20S6. The number of cyclic esters (lactones) is 4. The predicted octanol–water partition coefficient (Wildman–Crippen LogP) is 3.99. The quantitative estimate of drug-likeness (QED) is 0.0497. The van der Waals surface area contributed by atoms with Gasteiger partial charge in [0.05, 0.1) is 42.7 Å². The molecule has 5 fully saturated rings. The van der Waals surface area contributed by atoms with Crippen molar-refractivity contribution in [2.75, 3.05) is 127 Å². The Morgan fingerprint density at radius 1 is 0.565 bits per heavy atom. The van der Waals surface area contributed by atoms with Crippen LogP contribution in [0.3, 0.4) is 0 Å². The Labute approximate surface area is 385 Å². The predicted molar refractivity (Wildman–Crippen MR) is 234 cm³/mol. The molecule has 5 aliphatic rings. The number of esters is 2. The molecular weight excluding hydrogens is 945 g/mol. The maximum atomic E-state index is 12.0. The zero-order valence-electron chi connectivity index (χ0n) is 35.0. The van der Waals surface area contributed by atoms with Crippen LogP contribution in [0.1, 0.15) is 33.5 Å². The van der Waals surface area contributed by atoms with Crippen molar-refractivity contribution in [3.05, 3.63) is 0 Å². The molecule has 1 spiro atoms. The van der Waals surface area contributed by atoms with E-state index < -0.39 is 47.4 Å². The zero-order valence-corrected chi connectivity index (χ0v) is 38.9. The van der Waals surface area contributed by atoms with Crippen molar-refractivity contribution in [2.45, 2.75) is 32.1 Å². The lowest BCUT2D eigenvalue weighted by Gasteiger charge is -2.29. The van der Waals surface area contributed by atoms with Gasteiger partial charge in [0.2, 0.25) is 0 Å². The molecule has 20 nitrogen and oxygen atoms in total. The zero-order chi connectivity index (χ0) is 46.7. The Balaban J connectivity index is 0.000000630. The van der Waals surface area contributed by atoms with E-state index in [9.17, 15) is 28.8 Å². The Bertz CT molecular complexity index is 1290. The molecule has 0 aromatic heterocycles. The van der Waals surface area contributed by atoms with Gasteiger partial charge in [-0.05, 0) is 12.8 Å². The third-order valence-corrected chi connectivity index (χ3v) is 16.4. The lowest BCUT2D eigenvalue weighted by molar-refractivity contribution is -0.148. The van der Waals surface area contributed by atoms with Gasteiger partial charge in [0.25, 0.3) is 0 Å². The van der Waals surface area contributed by atoms with Crippen LogP contribution in [0.25, 0.3) is 0 Å². The van der Waals surface area contributed by atoms with Gasteiger partial charge in [0.15, 0.2) is 0 Å². The van der Waals surface area contributed by atoms with E-state index in [0.717, 1.165) is 17.9 Å². The van der Waals surface area contributed by atoms with Crippen molar-refractivity contribution in [1.29, 1.82) is 0 Å². The molecule has 0 unspecified atom stereocenters. The second-order valence-corrected chi connectivity index (χ2v) is 20.8. The van der Waals surface area contributed by atoms with Crippen molar-refractivity contribution in [3.63, 3.8) is 0 Å². The van der Waals surface area contributed by atoms with Crippen molar-refractivity contribution in [2.24, 2.45) is 16.2 Å². The fraction of sp³-hybridized carbons (Fsp3) is 0.778. The standard InChI is InChI=1S/C22H34O12S4.C6H8O3S2.C4H6O3.C2H6O2.C2H2/c23-5-1-3-17(25)31-9-21(13-35-36-14-21)11-33-19(27)29-7-8-30-20(28)34-12-22(15-37-38-16-22)10-32-18(26)4-2-6-24;7-5-8-1-6(2-9-5)3-10-11-4-6;5-4-6-2-1-3-7-4;3-1-2-4;1-2/h23-24H,1-16H2;1-4H2;1-3H2;3-4H,1-2H2;1-2H/i;;;;1D. The lowest BCUT2D eigenvalue weighted by Crippen LogP contribution is -2.41. The largest absolute Gasteiger partial charge is 0.508 e. The van der Waals surface area contributed by atoms with Gasteiger partial charge < -0.3 is 67.8 Å². The van der Waals surface area contributed by atoms with Crippen LogP contribution in [0, 0.1) is 29.1 Å². The topological polar surface area (TPSA) is 276 Å². The Kier molecular flexibility index (Phi) is 31.3. The number of ether oxygens (including phenoxy) is 10. The maximum absolute atomic E-state index is 12.0. The van der Waals surface area contributed by atoms with Crippen LogP contribution in [0.2, 0.25) is 0 Å². The Morgan fingerprint density at radius 3 is 1.26 bits per heavy atom. The second-order valence-electron chi connectivity index (χ2n) is 13.4. The summed E-state index contributed by atoms with van der Waals surface area (Å²) in [7, 11) is 10.0. The summed E-state index contributed by atoms with van der Waals surface area (Å²) in [6.07, 6.45) is 4.57. The molecule has 5 heterocycles. The molecule has 4 N–H and O–H groups in total. The minimum Gasteiger partial charge on any atom is -0.465 e. The monoisotopic (exact) mass is 1000 g/mol. The molecule has 0 atom stereocenters. The van der Waals surface area contributed by atoms with E-state index in [1.165, 1.54) is 6.40 Å². The van der Waals surface area contributed by atoms with Crippen molar-refractivity contribution in [3.8, 4) is 12.8 Å². The average Bonchev–Trinajstić information content (AvgIpc) is 4.09. The molecule has 62 heavy (non-hydrogen) atoms. The fourth-order valence-electron chi connectivity index (χ4n) is 4.44.